The third-order valence-electron chi connectivity index (χ3n) is 2.11. The minimum Gasteiger partial charge on any atom is -0.496 e. The molecule has 68 valence electrons. The monoisotopic (exact) mass is 196 g/mol. The fraction of sp³-hybridized carbons (Fsp3) is 0.200. The molecule has 0 N–H and O–H groups in total. The lowest BCUT2D eigenvalue weighted by Crippen LogP contribution is -1.85. The minimum absolute atomic E-state index is 0.147. The summed E-state index contributed by atoms with van der Waals surface area (Å²) in [7, 11) is 1.62. The van der Waals surface area contributed by atoms with Crippen molar-refractivity contribution in [1.82, 2.24) is 0 Å². The summed E-state index contributed by atoms with van der Waals surface area (Å²) in [6, 6.07) is 5.31. The van der Waals surface area contributed by atoms with E-state index in [2.05, 4.69) is 0 Å². The molecular formula is C10H9FOS. The van der Waals surface area contributed by atoms with Gasteiger partial charge in [-0.2, -0.15) is 4.39 Å². The molecule has 0 radical (unpaired) electrons. The van der Waals surface area contributed by atoms with Crippen molar-refractivity contribution < 1.29 is 9.13 Å². The summed E-state index contributed by atoms with van der Waals surface area (Å²) >= 11 is 1.16. The maximum atomic E-state index is 12.9. The summed E-state index contributed by atoms with van der Waals surface area (Å²) in [5, 5.41) is 0.799. The van der Waals surface area contributed by atoms with Gasteiger partial charge in [-0.05, 0) is 30.7 Å². The van der Waals surface area contributed by atoms with Gasteiger partial charge in [-0.1, -0.05) is 0 Å². The molecule has 0 unspecified atom stereocenters. The SMILES string of the molecule is COc1ccc2sc(F)cc2c1C. The molecular weight excluding hydrogens is 187 g/mol. The van der Waals surface area contributed by atoms with E-state index in [1.54, 1.807) is 13.2 Å². The molecule has 1 heterocycles. The largest absolute Gasteiger partial charge is 0.496 e. The van der Waals surface area contributed by atoms with E-state index in [9.17, 15) is 4.39 Å². The van der Waals surface area contributed by atoms with Crippen LogP contribution in [0.5, 0.6) is 5.75 Å². The molecule has 1 nitrogen and oxygen atoms in total. The molecule has 1 aromatic carbocycles. The molecule has 3 heteroatoms. The third-order valence-corrected chi connectivity index (χ3v) is 3.00. The molecule has 1 aromatic heterocycles. The Hall–Kier alpha value is -1.09. The highest BCUT2D eigenvalue weighted by atomic mass is 32.1. The molecule has 0 atom stereocenters. The van der Waals surface area contributed by atoms with E-state index < -0.39 is 0 Å². The van der Waals surface area contributed by atoms with Crippen molar-refractivity contribution in [2.45, 2.75) is 6.92 Å². The number of hydrogen-bond acceptors (Lipinski definition) is 2. The first-order valence-corrected chi connectivity index (χ1v) is 4.76. The molecule has 0 fully saturated rings. The van der Waals surface area contributed by atoms with Crippen LogP contribution in [0, 0.1) is 12.1 Å². The standard InChI is InChI=1S/C10H9FOS/c1-6-7-5-10(11)13-9(7)4-3-8(6)12-2/h3-5H,1-2H3. The van der Waals surface area contributed by atoms with Gasteiger partial charge in [-0.15, -0.1) is 11.3 Å². The van der Waals surface area contributed by atoms with Gasteiger partial charge in [0.2, 0.25) is 0 Å². The van der Waals surface area contributed by atoms with Crippen LogP contribution in [0.4, 0.5) is 4.39 Å². The molecule has 0 bridgehead atoms. The maximum Gasteiger partial charge on any atom is 0.177 e. The van der Waals surface area contributed by atoms with Gasteiger partial charge in [0, 0.05) is 10.1 Å². The summed E-state index contributed by atoms with van der Waals surface area (Å²) in [4.78, 5) is 0. The van der Waals surface area contributed by atoms with Crippen LogP contribution in [0.15, 0.2) is 18.2 Å². The number of methoxy groups -OCH3 is 1. The minimum atomic E-state index is -0.147. The van der Waals surface area contributed by atoms with Gasteiger partial charge in [-0.25, -0.2) is 0 Å². The van der Waals surface area contributed by atoms with E-state index in [1.165, 1.54) is 0 Å². The molecule has 2 aromatic rings. The Morgan fingerprint density at radius 2 is 2.15 bits per heavy atom. The molecule has 0 saturated carbocycles. The van der Waals surface area contributed by atoms with Crippen LogP contribution in [0.2, 0.25) is 0 Å². The lowest BCUT2D eigenvalue weighted by Gasteiger charge is -2.03. The molecule has 0 saturated heterocycles. The first-order chi connectivity index (χ1) is 6.22. The molecule has 13 heavy (non-hydrogen) atoms. The predicted molar refractivity (Wildman–Crippen MR) is 53.1 cm³/mol. The van der Waals surface area contributed by atoms with E-state index in [0.29, 0.717) is 0 Å². The van der Waals surface area contributed by atoms with Gasteiger partial charge in [-0.3, -0.25) is 0 Å². The van der Waals surface area contributed by atoms with E-state index in [1.807, 2.05) is 19.1 Å². The zero-order chi connectivity index (χ0) is 9.42. The normalized spacial score (nSPS) is 10.7. The zero-order valence-corrected chi connectivity index (χ0v) is 8.24. The smallest absolute Gasteiger partial charge is 0.177 e. The molecule has 0 spiro atoms. The Kier molecular flexibility index (Phi) is 1.96. The van der Waals surface area contributed by atoms with E-state index in [0.717, 1.165) is 32.7 Å². The number of hydrogen-bond donors (Lipinski definition) is 0. The van der Waals surface area contributed by atoms with E-state index in [-0.39, 0.29) is 5.13 Å². The number of ether oxygens (including phenoxy) is 1. The highest BCUT2D eigenvalue weighted by Crippen LogP contribution is 2.32. The average Bonchev–Trinajstić information content (AvgIpc) is 2.47. The van der Waals surface area contributed by atoms with Gasteiger partial charge in [0.05, 0.1) is 7.11 Å². The number of aryl methyl sites for hydroxylation is 1. The Morgan fingerprint density at radius 3 is 2.85 bits per heavy atom. The van der Waals surface area contributed by atoms with Crippen molar-refractivity contribution in [2.75, 3.05) is 7.11 Å². The summed E-state index contributed by atoms with van der Waals surface area (Å²) in [6.45, 7) is 1.94. The number of rotatable bonds is 1. The molecule has 0 aliphatic rings. The van der Waals surface area contributed by atoms with Crippen LogP contribution >= 0.6 is 11.3 Å². The van der Waals surface area contributed by atoms with Crippen molar-refractivity contribution in [3.8, 4) is 5.75 Å². The summed E-state index contributed by atoms with van der Waals surface area (Å²) < 4.78 is 19.0. The molecule has 0 amide bonds. The Labute approximate surface area is 79.8 Å². The van der Waals surface area contributed by atoms with Gasteiger partial charge >= 0.3 is 0 Å². The van der Waals surface area contributed by atoms with Gasteiger partial charge in [0.25, 0.3) is 0 Å². The van der Waals surface area contributed by atoms with Crippen molar-refractivity contribution in [3.63, 3.8) is 0 Å². The fourth-order valence-corrected chi connectivity index (χ4v) is 2.27. The van der Waals surface area contributed by atoms with Gasteiger partial charge in [0.1, 0.15) is 5.75 Å². The second kappa shape index (κ2) is 3.00. The van der Waals surface area contributed by atoms with Crippen molar-refractivity contribution in [3.05, 3.63) is 28.9 Å². The Bertz CT molecular complexity index is 447. The second-order valence-electron chi connectivity index (χ2n) is 2.86. The quantitative estimate of drug-likeness (QED) is 0.679. The molecule has 2 rings (SSSR count). The van der Waals surface area contributed by atoms with Gasteiger partial charge in [0.15, 0.2) is 5.13 Å². The number of halogens is 1. The van der Waals surface area contributed by atoms with Crippen LogP contribution in [-0.2, 0) is 0 Å². The first kappa shape index (κ1) is 8.51. The van der Waals surface area contributed by atoms with Crippen molar-refractivity contribution in [2.24, 2.45) is 0 Å². The molecule has 0 aliphatic heterocycles. The maximum absolute atomic E-state index is 12.9. The van der Waals surface area contributed by atoms with Crippen LogP contribution in [-0.4, -0.2) is 7.11 Å². The van der Waals surface area contributed by atoms with E-state index >= 15 is 0 Å². The Morgan fingerprint density at radius 1 is 1.38 bits per heavy atom. The Balaban J connectivity index is 2.78. The fourth-order valence-electron chi connectivity index (χ4n) is 1.42. The summed E-state index contributed by atoms with van der Waals surface area (Å²) in [6.07, 6.45) is 0. The number of benzene rings is 1. The van der Waals surface area contributed by atoms with Gasteiger partial charge < -0.3 is 4.74 Å². The van der Waals surface area contributed by atoms with E-state index in [4.69, 9.17) is 4.74 Å². The predicted octanol–water partition coefficient (Wildman–Crippen LogP) is 3.36. The van der Waals surface area contributed by atoms with Crippen LogP contribution in [0.25, 0.3) is 10.1 Å². The number of thiophene rings is 1. The van der Waals surface area contributed by atoms with Crippen molar-refractivity contribution >= 4 is 21.4 Å². The van der Waals surface area contributed by atoms with Crippen molar-refractivity contribution in [1.29, 1.82) is 0 Å². The first-order valence-electron chi connectivity index (χ1n) is 3.95. The summed E-state index contributed by atoms with van der Waals surface area (Å²) in [5.41, 5.74) is 1.00. The lowest BCUT2D eigenvalue weighted by atomic mass is 10.1. The highest BCUT2D eigenvalue weighted by molar-refractivity contribution is 7.17. The third kappa shape index (κ3) is 1.29. The topological polar surface area (TPSA) is 9.23 Å². The summed E-state index contributed by atoms with van der Waals surface area (Å²) in [5.74, 6) is 0.810. The highest BCUT2D eigenvalue weighted by Gasteiger charge is 2.07. The van der Waals surface area contributed by atoms with Crippen LogP contribution in [0.3, 0.4) is 0 Å². The second-order valence-corrected chi connectivity index (χ2v) is 3.89. The van der Waals surface area contributed by atoms with Crippen LogP contribution in [0.1, 0.15) is 5.56 Å². The van der Waals surface area contributed by atoms with Crippen LogP contribution < -0.4 is 4.74 Å². The number of fused-ring (bicyclic) bond motifs is 1. The zero-order valence-electron chi connectivity index (χ0n) is 7.43. The lowest BCUT2D eigenvalue weighted by molar-refractivity contribution is 0.412. The average molecular weight is 196 g/mol. The molecule has 0 aliphatic carbocycles.